The summed E-state index contributed by atoms with van der Waals surface area (Å²) >= 11 is 1.28. The molecule has 0 saturated carbocycles. The predicted octanol–water partition coefficient (Wildman–Crippen LogP) is 4.08. The molecule has 0 aliphatic heterocycles. The Kier molecular flexibility index (Phi) is 5.85. The first-order valence-corrected chi connectivity index (χ1v) is 9.29. The minimum absolute atomic E-state index is 0.208. The van der Waals surface area contributed by atoms with Crippen molar-refractivity contribution in [2.45, 2.75) is 13.8 Å². The Morgan fingerprint density at radius 3 is 2.57 bits per heavy atom. The first-order chi connectivity index (χ1) is 13.4. The van der Waals surface area contributed by atoms with E-state index in [0.29, 0.717) is 27.6 Å². The average molecular weight is 398 g/mol. The third kappa shape index (κ3) is 4.83. The topological polar surface area (TPSA) is 109 Å². The van der Waals surface area contributed by atoms with Gasteiger partial charge in [-0.25, -0.2) is 9.78 Å². The van der Waals surface area contributed by atoms with E-state index < -0.39 is 6.09 Å². The van der Waals surface area contributed by atoms with E-state index >= 15 is 0 Å². The fraction of sp³-hybridized carbons (Fsp3) is 0.158. The van der Waals surface area contributed by atoms with Gasteiger partial charge in [0.05, 0.1) is 16.8 Å². The molecule has 3 aromatic rings. The fourth-order valence-electron chi connectivity index (χ4n) is 2.46. The molecular weight excluding hydrogens is 380 g/mol. The highest BCUT2D eigenvalue weighted by molar-refractivity contribution is 7.22. The van der Waals surface area contributed by atoms with Crippen LogP contribution in [0.1, 0.15) is 24.2 Å². The lowest BCUT2D eigenvalue weighted by Gasteiger charge is -2.07. The second kappa shape index (κ2) is 8.49. The summed E-state index contributed by atoms with van der Waals surface area (Å²) in [5.74, 6) is -0.513. The van der Waals surface area contributed by atoms with Gasteiger partial charge < -0.3 is 15.4 Å². The van der Waals surface area contributed by atoms with E-state index in [9.17, 15) is 14.4 Å². The number of hydrogen-bond acceptors (Lipinski definition) is 6. The number of rotatable bonds is 5. The van der Waals surface area contributed by atoms with Gasteiger partial charge in [0.15, 0.2) is 5.13 Å². The lowest BCUT2D eigenvalue weighted by molar-refractivity contribution is -0.114. The average Bonchev–Trinajstić information content (AvgIpc) is 3.02. The Hall–Kier alpha value is -3.46. The Labute approximate surface area is 164 Å². The minimum atomic E-state index is -0.561. The van der Waals surface area contributed by atoms with Gasteiger partial charge in [-0.2, -0.15) is 0 Å². The molecule has 2 aromatic carbocycles. The van der Waals surface area contributed by atoms with E-state index in [2.05, 4.69) is 20.9 Å². The van der Waals surface area contributed by atoms with E-state index in [1.807, 2.05) is 0 Å². The normalized spacial score (nSPS) is 10.4. The summed E-state index contributed by atoms with van der Waals surface area (Å²) in [5, 5.41) is 8.44. The molecule has 8 nitrogen and oxygen atoms in total. The second-order valence-electron chi connectivity index (χ2n) is 5.76. The molecule has 144 valence electrons. The summed E-state index contributed by atoms with van der Waals surface area (Å²) < 4.78 is 5.64. The molecule has 3 amide bonds. The number of aromatic nitrogens is 1. The maximum absolute atomic E-state index is 12.5. The number of hydrogen-bond donors (Lipinski definition) is 3. The lowest BCUT2D eigenvalue weighted by Crippen LogP contribution is -2.13. The molecule has 0 aliphatic carbocycles. The molecule has 3 N–H and O–H groups in total. The van der Waals surface area contributed by atoms with Crippen LogP contribution in [0.2, 0.25) is 0 Å². The minimum Gasteiger partial charge on any atom is -0.450 e. The van der Waals surface area contributed by atoms with Crippen molar-refractivity contribution >= 4 is 56.0 Å². The molecule has 0 aliphatic rings. The van der Waals surface area contributed by atoms with Gasteiger partial charge in [0.25, 0.3) is 5.91 Å². The zero-order valence-electron chi connectivity index (χ0n) is 15.2. The molecule has 0 saturated heterocycles. The molecule has 0 fully saturated rings. The molecule has 1 heterocycles. The number of nitrogens with zero attached hydrogens (tertiary/aromatic N) is 1. The Morgan fingerprint density at radius 2 is 1.82 bits per heavy atom. The summed E-state index contributed by atoms with van der Waals surface area (Å²) in [7, 11) is 0. The van der Waals surface area contributed by atoms with Gasteiger partial charge in [0.1, 0.15) is 0 Å². The molecule has 28 heavy (non-hydrogen) atoms. The van der Waals surface area contributed by atoms with Gasteiger partial charge >= 0.3 is 6.09 Å². The summed E-state index contributed by atoms with van der Waals surface area (Å²) in [4.78, 5) is 39.5. The van der Waals surface area contributed by atoms with Crippen LogP contribution in [0.25, 0.3) is 10.2 Å². The van der Waals surface area contributed by atoms with E-state index in [4.69, 9.17) is 4.74 Å². The van der Waals surface area contributed by atoms with Crippen LogP contribution in [-0.4, -0.2) is 29.5 Å². The standard InChI is InChI=1S/C19H18N4O4S/c1-3-27-19(26)23-18-22-15-8-7-14(10-16(15)28-18)21-17(25)12-5-4-6-13(9-12)20-11(2)24/h4-10H,3H2,1-2H3,(H,20,24)(H,21,25)(H,22,23,26). The highest BCUT2D eigenvalue weighted by atomic mass is 32.1. The first-order valence-electron chi connectivity index (χ1n) is 8.48. The van der Waals surface area contributed by atoms with E-state index in [0.717, 1.165) is 4.70 Å². The highest BCUT2D eigenvalue weighted by Crippen LogP contribution is 2.28. The van der Waals surface area contributed by atoms with Gasteiger partial charge in [0, 0.05) is 23.9 Å². The van der Waals surface area contributed by atoms with Crippen LogP contribution >= 0.6 is 11.3 Å². The monoisotopic (exact) mass is 398 g/mol. The molecule has 0 radical (unpaired) electrons. The third-order valence-corrected chi connectivity index (χ3v) is 4.51. The van der Waals surface area contributed by atoms with Crippen LogP contribution < -0.4 is 16.0 Å². The number of ether oxygens (including phenoxy) is 1. The summed E-state index contributed by atoms with van der Waals surface area (Å²) in [5.41, 5.74) is 2.25. The molecule has 1 aromatic heterocycles. The van der Waals surface area contributed by atoms with Crippen LogP contribution in [0.3, 0.4) is 0 Å². The van der Waals surface area contributed by atoms with Crippen molar-refractivity contribution < 1.29 is 19.1 Å². The van der Waals surface area contributed by atoms with E-state index in [1.54, 1.807) is 49.4 Å². The van der Waals surface area contributed by atoms with Gasteiger partial charge in [-0.3, -0.25) is 14.9 Å². The fourth-order valence-corrected chi connectivity index (χ4v) is 3.35. The summed E-state index contributed by atoms with van der Waals surface area (Å²) in [6.45, 7) is 3.40. The number of amides is 3. The Bertz CT molecular complexity index is 1050. The maximum Gasteiger partial charge on any atom is 0.413 e. The lowest BCUT2D eigenvalue weighted by atomic mass is 10.2. The largest absolute Gasteiger partial charge is 0.450 e. The van der Waals surface area contributed by atoms with Crippen molar-refractivity contribution in [3.05, 3.63) is 48.0 Å². The Balaban J connectivity index is 1.74. The quantitative estimate of drug-likeness (QED) is 0.600. The van der Waals surface area contributed by atoms with Crippen LogP contribution in [0, 0.1) is 0 Å². The van der Waals surface area contributed by atoms with Gasteiger partial charge in [0.2, 0.25) is 5.91 Å². The van der Waals surface area contributed by atoms with Crippen LogP contribution in [0.15, 0.2) is 42.5 Å². The number of thiazole rings is 1. The van der Waals surface area contributed by atoms with E-state index in [-0.39, 0.29) is 18.4 Å². The van der Waals surface area contributed by atoms with Gasteiger partial charge in [-0.05, 0) is 43.3 Å². The number of anilines is 3. The smallest absolute Gasteiger partial charge is 0.413 e. The van der Waals surface area contributed by atoms with Crippen molar-refractivity contribution in [2.24, 2.45) is 0 Å². The Morgan fingerprint density at radius 1 is 1.04 bits per heavy atom. The second-order valence-corrected chi connectivity index (χ2v) is 6.79. The predicted molar refractivity (Wildman–Crippen MR) is 109 cm³/mol. The number of nitrogens with one attached hydrogen (secondary N) is 3. The van der Waals surface area contributed by atoms with Gasteiger partial charge in [-0.1, -0.05) is 17.4 Å². The first kappa shape index (κ1) is 19.3. The zero-order valence-corrected chi connectivity index (χ0v) is 16.1. The molecule has 3 rings (SSSR count). The van der Waals surface area contributed by atoms with Crippen LogP contribution in [0.5, 0.6) is 0 Å². The summed E-state index contributed by atoms with van der Waals surface area (Å²) in [6, 6.07) is 11.9. The molecule has 0 atom stereocenters. The molecule has 0 spiro atoms. The molecular formula is C19H18N4O4S. The van der Waals surface area contributed by atoms with Crippen molar-refractivity contribution in [3.63, 3.8) is 0 Å². The third-order valence-electron chi connectivity index (χ3n) is 3.58. The maximum atomic E-state index is 12.5. The van der Waals surface area contributed by atoms with Crippen molar-refractivity contribution in [3.8, 4) is 0 Å². The zero-order chi connectivity index (χ0) is 20.1. The number of benzene rings is 2. The SMILES string of the molecule is CCOC(=O)Nc1nc2ccc(NC(=O)c3cccc(NC(C)=O)c3)cc2s1. The van der Waals surface area contributed by atoms with E-state index in [1.165, 1.54) is 18.3 Å². The molecule has 9 heteroatoms. The molecule has 0 unspecified atom stereocenters. The number of carbonyl (C=O) groups excluding carboxylic acids is 3. The van der Waals surface area contributed by atoms with Crippen molar-refractivity contribution in [1.29, 1.82) is 0 Å². The van der Waals surface area contributed by atoms with Crippen molar-refractivity contribution in [2.75, 3.05) is 22.6 Å². The van der Waals surface area contributed by atoms with Gasteiger partial charge in [-0.15, -0.1) is 0 Å². The van der Waals surface area contributed by atoms with Crippen molar-refractivity contribution in [1.82, 2.24) is 4.98 Å². The number of fused-ring (bicyclic) bond motifs is 1. The summed E-state index contributed by atoms with van der Waals surface area (Å²) in [6.07, 6.45) is -0.561. The highest BCUT2D eigenvalue weighted by Gasteiger charge is 2.11. The molecule has 0 bridgehead atoms. The van der Waals surface area contributed by atoms with Crippen LogP contribution in [-0.2, 0) is 9.53 Å². The number of carbonyl (C=O) groups is 3. The van der Waals surface area contributed by atoms with Crippen LogP contribution in [0.4, 0.5) is 21.3 Å².